The smallest absolute Gasteiger partial charge is 0.274 e. The van der Waals surface area contributed by atoms with Crippen LogP contribution in [0.2, 0.25) is 5.02 Å². The third-order valence-electron chi connectivity index (χ3n) is 3.95. The number of hydrogen-bond donors (Lipinski definition) is 2. The lowest BCUT2D eigenvalue weighted by Crippen LogP contribution is -2.18. The number of carbonyl (C=O) groups is 2. The number of nitrogens with zero attached hydrogens (tertiary/aromatic N) is 1. The van der Waals surface area contributed by atoms with Crippen LogP contribution in [0.15, 0.2) is 60.7 Å². The van der Waals surface area contributed by atoms with Gasteiger partial charge >= 0.3 is 0 Å². The van der Waals surface area contributed by atoms with Gasteiger partial charge in [0.25, 0.3) is 11.8 Å². The van der Waals surface area contributed by atoms with Crippen molar-refractivity contribution >= 4 is 34.8 Å². The lowest BCUT2D eigenvalue weighted by molar-refractivity contribution is 0.101. The summed E-state index contributed by atoms with van der Waals surface area (Å²) in [6.07, 6.45) is 0. The van der Waals surface area contributed by atoms with Gasteiger partial charge in [-0.15, -0.1) is 0 Å². The molecule has 0 aliphatic rings. The molecule has 0 unspecified atom stereocenters. The summed E-state index contributed by atoms with van der Waals surface area (Å²) in [7, 11) is 0. The molecule has 2 N–H and O–H groups in total. The van der Waals surface area contributed by atoms with E-state index in [0.29, 0.717) is 16.4 Å². The first-order chi connectivity index (χ1) is 12.9. The van der Waals surface area contributed by atoms with Crippen LogP contribution in [0.4, 0.5) is 11.4 Å². The first kappa shape index (κ1) is 18.6. The summed E-state index contributed by atoms with van der Waals surface area (Å²) in [5, 5.41) is 6.06. The van der Waals surface area contributed by atoms with Crippen LogP contribution in [0, 0.1) is 13.8 Å². The number of halogens is 1. The van der Waals surface area contributed by atoms with E-state index in [1.807, 2.05) is 44.2 Å². The Morgan fingerprint density at radius 2 is 1.37 bits per heavy atom. The normalized spacial score (nSPS) is 10.3. The molecule has 3 aromatic rings. The molecule has 0 spiro atoms. The van der Waals surface area contributed by atoms with E-state index in [1.165, 1.54) is 0 Å². The SMILES string of the molecule is Cc1ccc(NC(=O)c2cccc(C(=O)Nc3ccc(C)c(Cl)c3)n2)cc1. The Morgan fingerprint density at radius 3 is 1.96 bits per heavy atom. The maximum absolute atomic E-state index is 12.4. The van der Waals surface area contributed by atoms with Gasteiger partial charge in [-0.05, 0) is 55.8 Å². The Balaban J connectivity index is 1.73. The Kier molecular flexibility index (Phi) is 5.52. The predicted molar refractivity (Wildman–Crippen MR) is 108 cm³/mol. The fraction of sp³-hybridized carbons (Fsp3) is 0.0952. The zero-order chi connectivity index (χ0) is 19.4. The molecule has 2 amide bonds. The number of nitrogens with one attached hydrogen (secondary N) is 2. The van der Waals surface area contributed by atoms with E-state index in [-0.39, 0.29) is 17.3 Å². The maximum atomic E-state index is 12.4. The molecule has 1 aromatic heterocycles. The molecule has 0 aliphatic heterocycles. The number of pyridine rings is 1. The lowest BCUT2D eigenvalue weighted by Gasteiger charge is -2.08. The molecule has 0 radical (unpaired) electrons. The molecular formula is C21H18ClN3O2. The molecule has 0 saturated carbocycles. The topological polar surface area (TPSA) is 71.1 Å². The first-order valence-corrected chi connectivity index (χ1v) is 8.73. The molecule has 0 aliphatic carbocycles. The molecule has 27 heavy (non-hydrogen) atoms. The fourth-order valence-electron chi connectivity index (χ4n) is 2.39. The molecule has 3 rings (SSSR count). The monoisotopic (exact) mass is 379 g/mol. The molecule has 0 fully saturated rings. The molecule has 136 valence electrons. The van der Waals surface area contributed by atoms with Crippen LogP contribution in [0.5, 0.6) is 0 Å². The molecule has 1 heterocycles. The number of carbonyl (C=O) groups excluding carboxylic acids is 2. The van der Waals surface area contributed by atoms with Crippen molar-refractivity contribution in [2.24, 2.45) is 0 Å². The van der Waals surface area contributed by atoms with E-state index in [9.17, 15) is 9.59 Å². The molecule has 6 heteroatoms. The summed E-state index contributed by atoms with van der Waals surface area (Å²) >= 11 is 6.08. The first-order valence-electron chi connectivity index (χ1n) is 8.35. The Morgan fingerprint density at radius 1 is 0.815 bits per heavy atom. The second kappa shape index (κ2) is 8.01. The van der Waals surface area contributed by atoms with Gasteiger partial charge in [0.1, 0.15) is 11.4 Å². The van der Waals surface area contributed by atoms with Crippen LogP contribution in [0.3, 0.4) is 0 Å². The molecular weight excluding hydrogens is 362 g/mol. The van der Waals surface area contributed by atoms with Gasteiger partial charge in [-0.25, -0.2) is 4.98 Å². The van der Waals surface area contributed by atoms with Gasteiger partial charge in [0.05, 0.1) is 0 Å². The zero-order valence-corrected chi connectivity index (χ0v) is 15.7. The van der Waals surface area contributed by atoms with Crippen LogP contribution in [0.1, 0.15) is 32.1 Å². The summed E-state index contributed by atoms with van der Waals surface area (Å²) in [5.74, 6) is -0.799. The van der Waals surface area contributed by atoms with E-state index in [0.717, 1.165) is 11.1 Å². The second-order valence-corrected chi connectivity index (χ2v) is 6.55. The van der Waals surface area contributed by atoms with Crippen LogP contribution >= 0.6 is 11.6 Å². The second-order valence-electron chi connectivity index (χ2n) is 6.15. The molecule has 0 atom stereocenters. The quantitative estimate of drug-likeness (QED) is 0.680. The maximum Gasteiger partial charge on any atom is 0.274 e. The Labute approximate surface area is 162 Å². The number of aromatic nitrogens is 1. The number of rotatable bonds is 4. The number of anilines is 2. The minimum atomic E-state index is -0.417. The molecule has 0 saturated heterocycles. The third-order valence-corrected chi connectivity index (χ3v) is 4.36. The van der Waals surface area contributed by atoms with Gasteiger partial charge in [-0.1, -0.05) is 41.4 Å². The van der Waals surface area contributed by atoms with Gasteiger partial charge in [0.15, 0.2) is 0 Å². The van der Waals surface area contributed by atoms with Crippen molar-refractivity contribution in [1.29, 1.82) is 0 Å². The lowest BCUT2D eigenvalue weighted by atomic mass is 10.2. The van der Waals surface area contributed by atoms with E-state index >= 15 is 0 Å². The van der Waals surface area contributed by atoms with E-state index in [4.69, 9.17) is 11.6 Å². The molecule has 2 aromatic carbocycles. The number of amides is 2. The van der Waals surface area contributed by atoms with Gasteiger partial charge in [0.2, 0.25) is 0 Å². The van der Waals surface area contributed by atoms with Crippen LogP contribution in [-0.2, 0) is 0 Å². The van der Waals surface area contributed by atoms with Crippen LogP contribution in [-0.4, -0.2) is 16.8 Å². The highest BCUT2D eigenvalue weighted by Crippen LogP contribution is 2.20. The van der Waals surface area contributed by atoms with Crippen molar-refractivity contribution in [1.82, 2.24) is 4.98 Å². The summed E-state index contributed by atoms with van der Waals surface area (Å²) in [5.41, 5.74) is 3.54. The molecule has 5 nitrogen and oxygen atoms in total. The van der Waals surface area contributed by atoms with Crippen molar-refractivity contribution in [2.75, 3.05) is 10.6 Å². The summed E-state index contributed by atoms with van der Waals surface area (Å²) < 4.78 is 0. The average molecular weight is 380 g/mol. The van der Waals surface area contributed by atoms with E-state index < -0.39 is 5.91 Å². The van der Waals surface area contributed by atoms with E-state index in [1.54, 1.807) is 30.3 Å². The van der Waals surface area contributed by atoms with Gasteiger partial charge in [-0.2, -0.15) is 0 Å². The summed E-state index contributed by atoms with van der Waals surface area (Å²) in [6, 6.07) is 17.4. The van der Waals surface area contributed by atoms with E-state index in [2.05, 4.69) is 15.6 Å². The Hall–Kier alpha value is -3.18. The largest absolute Gasteiger partial charge is 0.321 e. The van der Waals surface area contributed by atoms with Crippen molar-refractivity contribution in [3.63, 3.8) is 0 Å². The Bertz CT molecular complexity index is 1000. The minimum absolute atomic E-state index is 0.142. The number of hydrogen-bond acceptors (Lipinski definition) is 3. The predicted octanol–water partition coefficient (Wildman–Crippen LogP) is 4.86. The minimum Gasteiger partial charge on any atom is -0.321 e. The van der Waals surface area contributed by atoms with Gasteiger partial charge in [0, 0.05) is 16.4 Å². The molecule has 0 bridgehead atoms. The average Bonchev–Trinajstić information content (AvgIpc) is 2.66. The fourth-order valence-corrected chi connectivity index (χ4v) is 2.57. The highest BCUT2D eigenvalue weighted by Gasteiger charge is 2.13. The van der Waals surface area contributed by atoms with Crippen molar-refractivity contribution < 1.29 is 9.59 Å². The highest BCUT2D eigenvalue weighted by atomic mass is 35.5. The van der Waals surface area contributed by atoms with Gasteiger partial charge in [-0.3, -0.25) is 9.59 Å². The summed E-state index contributed by atoms with van der Waals surface area (Å²) in [4.78, 5) is 29.0. The zero-order valence-electron chi connectivity index (χ0n) is 14.9. The highest BCUT2D eigenvalue weighted by molar-refractivity contribution is 6.31. The standard InChI is InChI=1S/C21H18ClN3O2/c1-13-6-9-15(10-7-13)23-20(26)18-4-3-5-19(25-18)21(27)24-16-11-8-14(2)17(22)12-16/h3-12H,1-2H3,(H,23,26)(H,24,27). The van der Waals surface area contributed by atoms with Gasteiger partial charge < -0.3 is 10.6 Å². The number of aryl methyl sites for hydroxylation is 2. The van der Waals surface area contributed by atoms with Crippen LogP contribution in [0.25, 0.3) is 0 Å². The van der Waals surface area contributed by atoms with Crippen LogP contribution < -0.4 is 10.6 Å². The van der Waals surface area contributed by atoms with Crippen molar-refractivity contribution in [3.05, 3.63) is 88.2 Å². The van der Waals surface area contributed by atoms with Crippen molar-refractivity contribution in [3.8, 4) is 0 Å². The van der Waals surface area contributed by atoms with Crippen molar-refractivity contribution in [2.45, 2.75) is 13.8 Å². The third kappa shape index (κ3) is 4.71. The number of benzene rings is 2. The summed E-state index contributed by atoms with van der Waals surface area (Å²) in [6.45, 7) is 3.85.